The molecular formula is C15H14FN3O2. The number of halogens is 1. The van der Waals surface area contributed by atoms with Gasteiger partial charge in [-0.1, -0.05) is 0 Å². The van der Waals surface area contributed by atoms with Crippen molar-refractivity contribution in [3.8, 4) is 11.4 Å². The van der Waals surface area contributed by atoms with Gasteiger partial charge in [-0.05, 0) is 24.6 Å². The van der Waals surface area contributed by atoms with Crippen LogP contribution in [0.4, 0.5) is 4.39 Å². The van der Waals surface area contributed by atoms with Crippen LogP contribution in [-0.2, 0) is 10.4 Å². The topological polar surface area (TPSA) is 76.0 Å². The molecule has 5 nitrogen and oxygen atoms in total. The van der Waals surface area contributed by atoms with E-state index < -0.39 is 17.6 Å². The van der Waals surface area contributed by atoms with E-state index in [1.807, 2.05) is 0 Å². The van der Waals surface area contributed by atoms with E-state index in [0.717, 1.165) is 0 Å². The van der Waals surface area contributed by atoms with E-state index in [0.29, 0.717) is 17.1 Å². The fourth-order valence-corrected chi connectivity index (χ4v) is 2.48. The number of hydrogen-bond acceptors (Lipinski definition) is 5. The van der Waals surface area contributed by atoms with Crippen molar-refractivity contribution in [1.82, 2.24) is 15.0 Å². The summed E-state index contributed by atoms with van der Waals surface area (Å²) in [5, 5.41) is 10.5. The fraction of sp³-hybridized carbons (Fsp3) is 0.333. The number of carbonyl (C=O) groups excluding carboxylic acids is 1. The van der Waals surface area contributed by atoms with Gasteiger partial charge in [0.25, 0.3) is 0 Å². The van der Waals surface area contributed by atoms with Crippen molar-refractivity contribution < 1.29 is 14.3 Å². The van der Waals surface area contributed by atoms with Gasteiger partial charge in [-0.15, -0.1) is 0 Å². The summed E-state index contributed by atoms with van der Waals surface area (Å²) < 4.78 is 13.5. The van der Waals surface area contributed by atoms with Crippen molar-refractivity contribution in [2.45, 2.75) is 31.0 Å². The van der Waals surface area contributed by atoms with Crippen molar-refractivity contribution in [3.63, 3.8) is 0 Å². The largest absolute Gasteiger partial charge is 0.383 e. The maximum atomic E-state index is 13.5. The molecule has 108 valence electrons. The molecule has 0 aromatic carbocycles. The van der Waals surface area contributed by atoms with Crippen molar-refractivity contribution in [2.75, 3.05) is 0 Å². The third-order valence-corrected chi connectivity index (χ3v) is 3.72. The molecule has 2 aromatic rings. The first-order valence-electron chi connectivity index (χ1n) is 6.71. The Morgan fingerprint density at radius 1 is 1.24 bits per heavy atom. The number of hydrogen-bond donors (Lipinski definition) is 1. The molecule has 21 heavy (non-hydrogen) atoms. The lowest BCUT2D eigenvalue weighted by atomic mass is 9.80. The van der Waals surface area contributed by atoms with Crippen LogP contribution in [0, 0.1) is 0 Å². The molecule has 1 fully saturated rings. The average molecular weight is 287 g/mol. The second-order valence-corrected chi connectivity index (χ2v) is 5.17. The number of Topliss-reactive ketones (excluding diaryl/α,β-unsaturated/α-hetero) is 1. The van der Waals surface area contributed by atoms with Crippen molar-refractivity contribution >= 4 is 5.78 Å². The van der Waals surface area contributed by atoms with Gasteiger partial charge in [0.2, 0.25) is 0 Å². The zero-order valence-electron chi connectivity index (χ0n) is 11.2. The molecule has 1 aliphatic rings. The Bertz CT molecular complexity index is 648. The zero-order valence-corrected chi connectivity index (χ0v) is 11.2. The molecule has 1 aliphatic carbocycles. The van der Waals surface area contributed by atoms with E-state index in [-0.39, 0.29) is 19.3 Å². The van der Waals surface area contributed by atoms with Gasteiger partial charge in [0.05, 0.1) is 5.69 Å². The molecule has 6 heteroatoms. The van der Waals surface area contributed by atoms with Crippen molar-refractivity contribution in [1.29, 1.82) is 0 Å². The highest BCUT2D eigenvalue weighted by Gasteiger charge is 2.41. The first-order valence-corrected chi connectivity index (χ1v) is 6.71. The molecule has 0 radical (unpaired) electrons. The molecule has 2 atom stereocenters. The van der Waals surface area contributed by atoms with E-state index in [1.54, 1.807) is 36.8 Å². The maximum Gasteiger partial charge on any atom is 0.167 e. The number of alkyl halides is 1. The number of rotatable bonds is 2. The Morgan fingerprint density at radius 3 is 2.62 bits per heavy atom. The molecule has 2 unspecified atom stereocenters. The smallest absolute Gasteiger partial charge is 0.167 e. The lowest BCUT2D eigenvalue weighted by Gasteiger charge is -2.32. The Balaban J connectivity index is 1.86. The number of aromatic nitrogens is 3. The first kappa shape index (κ1) is 13.8. The summed E-state index contributed by atoms with van der Waals surface area (Å²) >= 11 is 0. The van der Waals surface area contributed by atoms with Crippen LogP contribution < -0.4 is 0 Å². The van der Waals surface area contributed by atoms with Gasteiger partial charge in [-0.25, -0.2) is 14.4 Å². The summed E-state index contributed by atoms with van der Waals surface area (Å²) in [4.78, 5) is 23.7. The monoisotopic (exact) mass is 287 g/mol. The number of nitrogens with zero attached hydrogens (tertiary/aromatic N) is 3. The summed E-state index contributed by atoms with van der Waals surface area (Å²) in [5.41, 5.74) is -0.299. The molecule has 0 spiro atoms. The predicted octanol–water partition coefficient (Wildman–Crippen LogP) is 1.82. The minimum Gasteiger partial charge on any atom is -0.383 e. The number of ketones is 1. The third-order valence-electron chi connectivity index (χ3n) is 3.72. The van der Waals surface area contributed by atoms with Crippen LogP contribution in [0.2, 0.25) is 0 Å². The predicted molar refractivity (Wildman–Crippen MR) is 72.9 cm³/mol. The van der Waals surface area contributed by atoms with E-state index in [1.165, 1.54) is 0 Å². The molecule has 2 heterocycles. The summed E-state index contributed by atoms with van der Waals surface area (Å²) in [7, 11) is 0. The number of carbonyl (C=O) groups is 1. The summed E-state index contributed by atoms with van der Waals surface area (Å²) in [5.74, 6) is 0.0831. The molecule has 1 saturated carbocycles. The van der Waals surface area contributed by atoms with Crippen LogP contribution in [0.25, 0.3) is 11.4 Å². The summed E-state index contributed by atoms with van der Waals surface area (Å²) in [6.07, 6.45) is 3.17. The molecule has 0 bridgehead atoms. The Kier molecular flexibility index (Phi) is 3.47. The minimum atomic E-state index is -1.62. The summed E-state index contributed by atoms with van der Waals surface area (Å²) in [6, 6.07) is 5.09. The first-order chi connectivity index (χ1) is 10.1. The van der Waals surface area contributed by atoms with Crippen LogP contribution in [0.5, 0.6) is 0 Å². The van der Waals surface area contributed by atoms with Gasteiger partial charge in [0, 0.05) is 37.0 Å². The Labute approximate surface area is 120 Å². The normalized spacial score (nSPS) is 25.8. The van der Waals surface area contributed by atoms with Gasteiger partial charge in [-0.2, -0.15) is 0 Å². The fourth-order valence-electron chi connectivity index (χ4n) is 2.48. The second-order valence-electron chi connectivity index (χ2n) is 5.17. The van der Waals surface area contributed by atoms with Gasteiger partial charge in [-0.3, -0.25) is 9.78 Å². The van der Waals surface area contributed by atoms with E-state index >= 15 is 0 Å². The number of aliphatic hydroxyl groups is 1. The Morgan fingerprint density at radius 2 is 2.00 bits per heavy atom. The van der Waals surface area contributed by atoms with E-state index in [4.69, 9.17) is 0 Å². The molecule has 2 aromatic heterocycles. The van der Waals surface area contributed by atoms with Crippen LogP contribution in [0.3, 0.4) is 0 Å². The quantitative estimate of drug-likeness (QED) is 0.911. The van der Waals surface area contributed by atoms with E-state index in [9.17, 15) is 14.3 Å². The lowest BCUT2D eigenvalue weighted by Crippen LogP contribution is -2.39. The second kappa shape index (κ2) is 5.29. The highest BCUT2D eigenvalue weighted by molar-refractivity contribution is 5.84. The van der Waals surface area contributed by atoms with Crippen molar-refractivity contribution in [3.05, 3.63) is 42.5 Å². The lowest BCUT2D eigenvalue weighted by molar-refractivity contribution is -0.133. The molecular weight excluding hydrogens is 273 g/mol. The maximum absolute atomic E-state index is 13.5. The minimum absolute atomic E-state index is 0.0306. The van der Waals surface area contributed by atoms with Crippen LogP contribution >= 0.6 is 0 Å². The van der Waals surface area contributed by atoms with E-state index in [2.05, 4.69) is 15.0 Å². The third kappa shape index (κ3) is 2.67. The molecule has 1 N–H and O–H groups in total. The van der Waals surface area contributed by atoms with Gasteiger partial charge >= 0.3 is 0 Å². The highest BCUT2D eigenvalue weighted by Crippen LogP contribution is 2.36. The molecule has 0 aliphatic heterocycles. The summed E-state index contributed by atoms with van der Waals surface area (Å²) in [6.45, 7) is 0. The van der Waals surface area contributed by atoms with Gasteiger partial charge in [0.1, 0.15) is 5.60 Å². The average Bonchev–Trinajstić information content (AvgIpc) is 2.52. The molecule has 0 amide bonds. The van der Waals surface area contributed by atoms with Crippen LogP contribution in [0.1, 0.15) is 25.0 Å². The SMILES string of the molecule is O=C1CCC(O)(c2ccc(-c3ncccn3)cn2)CC1F. The van der Waals surface area contributed by atoms with Crippen LogP contribution in [-0.4, -0.2) is 32.0 Å². The van der Waals surface area contributed by atoms with Crippen molar-refractivity contribution in [2.24, 2.45) is 0 Å². The molecule has 0 saturated heterocycles. The van der Waals surface area contributed by atoms with Gasteiger partial charge < -0.3 is 5.11 Å². The number of pyridine rings is 1. The van der Waals surface area contributed by atoms with Gasteiger partial charge in [0.15, 0.2) is 17.8 Å². The standard InChI is InChI=1S/C15H14FN3O2/c16-11-8-15(21,5-4-12(11)20)13-3-2-10(9-19-13)14-17-6-1-7-18-14/h1-3,6-7,9,11,21H,4-5,8H2. The zero-order chi connectivity index (χ0) is 14.9. The van der Waals surface area contributed by atoms with Crippen LogP contribution in [0.15, 0.2) is 36.8 Å². The highest BCUT2D eigenvalue weighted by atomic mass is 19.1. The molecule has 3 rings (SSSR count). The Hall–Kier alpha value is -2.21.